The Labute approximate surface area is 168 Å². The lowest BCUT2D eigenvalue weighted by molar-refractivity contribution is -0.123. The van der Waals surface area contributed by atoms with Gasteiger partial charge in [0, 0.05) is 23.3 Å². The molecule has 2 N–H and O–H groups in total. The lowest BCUT2D eigenvalue weighted by Gasteiger charge is -2.22. The van der Waals surface area contributed by atoms with E-state index >= 15 is 0 Å². The van der Waals surface area contributed by atoms with Gasteiger partial charge in [-0.05, 0) is 60.3 Å². The van der Waals surface area contributed by atoms with Crippen LogP contribution in [0.15, 0.2) is 34.8 Å². The number of amides is 2. The second kappa shape index (κ2) is 9.69. The van der Waals surface area contributed by atoms with Gasteiger partial charge < -0.3 is 10.6 Å². The highest BCUT2D eigenvalue weighted by molar-refractivity contribution is 9.10. The number of hydrogen-bond acceptors (Lipinski definition) is 3. The number of aromatic nitrogens is 2. The molecule has 0 bridgehead atoms. The zero-order chi connectivity index (χ0) is 20.0. The number of benzene rings is 1. The van der Waals surface area contributed by atoms with Crippen LogP contribution >= 0.6 is 15.9 Å². The number of halogens is 1. The van der Waals surface area contributed by atoms with E-state index in [1.165, 1.54) is 0 Å². The topological polar surface area (TPSA) is 76.0 Å². The van der Waals surface area contributed by atoms with E-state index < -0.39 is 6.04 Å². The molecule has 0 aliphatic heterocycles. The van der Waals surface area contributed by atoms with Crippen LogP contribution in [-0.4, -0.2) is 34.2 Å². The fraction of sp³-hybridized carbons (Fsp3) is 0.450. The van der Waals surface area contributed by atoms with E-state index in [2.05, 4.69) is 31.7 Å². The van der Waals surface area contributed by atoms with Gasteiger partial charge in [0.2, 0.25) is 5.91 Å². The summed E-state index contributed by atoms with van der Waals surface area (Å²) in [5.74, 6) is -0.454. The van der Waals surface area contributed by atoms with Crippen LogP contribution in [0, 0.1) is 19.8 Å². The summed E-state index contributed by atoms with van der Waals surface area (Å²) in [7, 11) is 0. The average molecular weight is 435 g/mol. The number of nitrogens with one attached hydrogen (secondary N) is 2. The van der Waals surface area contributed by atoms with Gasteiger partial charge in [-0.15, -0.1) is 0 Å². The summed E-state index contributed by atoms with van der Waals surface area (Å²) < 4.78 is 2.64. The smallest absolute Gasteiger partial charge is 0.253 e. The first-order valence-corrected chi connectivity index (χ1v) is 9.93. The third kappa shape index (κ3) is 5.92. The van der Waals surface area contributed by atoms with E-state index in [9.17, 15) is 9.59 Å². The maximum Gasteiger partial charge on any atom is 0.253 e. The highest BCUT2D eigenvalue weighted by Gasteiger charge is 2.25. The summed E-state index contributed by atoms with van der Waals surface area (Å²) in [5.41, 5.74) is 2.62. The molecule has 2 aromatic rings. The normalized spacial score (nSPS) is 12.1. The summed E-state index contributed by atoms with van der Waals surface area (Å²) in [6, 6.07) is 8.61. The molecule has 146 valence electrons. The highest BCUT2D eigenvalue weighted by Crippen LogP contribution is 2.16. The lowest BCUT2D eigenvalue weighted by atomic mass is 10.0. The van der Waals surface area contributed by atoms with Crippen molar-refractivity contribution in [3.8, 4) is 0 Å². The van der Waals surface area contributed by atoms with Gasteiger partial charge in [-0.2, -0.15) is 5.10 Å². The first kappa shape index (κ1) is 21.2. The van der Waals surface area contributed by atoms with Crippen molar-refractivity contribution in [3.63, 3.8) is 0 Å². The molecule has 2 rings (SSSR count). The second-order valence-electron chi connectivity index (χ2n) is 6.97. The number of carbonyl (C=O) groups is 2. The fourth-order valence-electron chi connectivity index (χ4n) is 2.85. The Balaban J connectivity index is 1.88. The van der Waals surface area contributed by atoms with Crippen molar-refractivity contribution in [2.75, 3.05) is 6.54 Å². The van der Waals surface area contributed by atoms with Crippen LogP contribution < -0.4 is 10.6 Å². The van der Waals surface area contributed by atoms with Crippen LogP contribution in [0.2, 0.25) is 0 Å². The average Bonchev–Trinajstić information content (AvgIpc) is 2.93. The van der Waals surface area contributed by atoms with E-state index in [0.29, 0.717) is 16.6 Å². The number of rotatable bonds is 8. The molecule has 0 radical (unpaired) electrons. The predicted molar refractivity (Wildman–Crippen MR) is 110 cm³/mol. The zero-order valence-corrected chi connectivity index (χ0v) is 17.8. The van der Waals surface area contributed by atoms with E-state index in [4.69, 9.17) is 0 Å². The number of hydrogen-bond donors (Lipinski definition) is 2. The lowest BCUT2D eigenvalue weighted by Crippen LogP contribution is -2.50. The van der Waals surface area contributed by atoms with Crippen molar-refractivity contribution < 1.29 is 9.59 Å². The minimum absolute atomic E-state index is 0.0209. The Bertz CT molecular complexity index is 801. The number of aryl methyl sites for hydroxylation is 3. The van der Waals surface area contributed by atoms with Crippen molar-refractivity contribution in [2.45, 2.75) is 46.7 Å². The van der Waals surface area contributed by atoms with Crippen LogP contribution in [0.3, 0.4) is 0 Å². The number of nitrogens with zero attached hydrogens (tertiary/aromatic N) is 2. The molecule has 27 heavy (non-hydrogen) atoms. The minimum Gasteiger partial charge on any atom is -0.354 e. The monoisotopic (exact) mass is 434 g/mol. The zero-order valence-electron chi connectivity index (χ0n) is 16.3. The Morgan fingerprint density at radius 3 is 2.52 bits per heavy atom. The van der Waals surface area contributed by atoms with Crippen molar-refractivity contribution in [1.82, 2.24) is 20.4 Å². The summed E-state index contributed by atoms with van der Waals surface area (Å²) in [6.07, 6.45) is 0.774. The molecule has 0 saturated heterocycles. The second-order valence-corrected chi connectivity index (χ2v) is 7.82. The Morgan fingerprint density at radius 1 is 1.22 bits per heavy atom. The van der Waals surface area contributed by atoms with E-state index in [-0.39, 0.29) is 17.7 Å². The van der Waals surface area contributed by atoms with Gasteiger partial charge >= 0.3 is 0 Å². The van der Waals surface area contributed by atoms with Gasteiger partial charge in [-0.25, -0.2) is 0 Å². The van der Waals surface area contributed by atoms with Crippen molar-refractivity contribution in [2.24, 2.45) is 5.92 Å². The van der Waals surface area contributed by atoms with Crippen molar-refractivity contribution in [3.05, 3.63) is 51.8 Å². The minimum atomic E-state index is -0.585. The fourth-order valence-corrected chi connectivity index (χ4v) is 3.32. The van der Waals surface area contributed by atoms with E-state index in [0.717, 1.165) is 24.4 Å². The number of carbonyl (C=O) groups excluding carboxylic acids is 2. The van der Waals surface area contributed by atoms with Gasteiger partial charge in [0.1, 0.15) is 6.04 Å². The van der Waals surface area contributed by atoms with E-state index in [1.54, 1.807) is 18.2 Å². The summed E-state index contributed by atoms with van der Waals surface area (Å²) >= 11 is 3.37. The molecular weight excluding hydrogens is 408 g/mol. The Kier molecular flexibility index (Phi) is 7.59. The Hall–Kier alpha value is -2.15. The molecule has 0 saturated carbocycles. The molecule has 1 aromatic carbocycles. The quantitative estimate of drug-likeness (QED) is 0.626. The third-order valence-corrected chi connectivity index (χ3v) is 4.99. The van der Waals surface area contributed by atoms with Crippen LogP contribution in [0.4, 0.5) is 0 Å². The van der Waals surface area contributed by atoms with Gasteiger partial charge in [-0.3, -0.25) is 14.3 Å². The van der Waals surface area contributed by atoms with Crippen LogP contribution in [0.25, 0.3) is 0 Å². The summed E-state index contributed by atoms with van der Waals surface area (Å²) in [5, 5.41) is 10.2. The third-order valence-electron chi connectivity index (χ3n) is 4.30. The molecule has 6 nitrogen and oxygen atoms in total. The summed E-state index contributed by atoms with van der Waals surface area (Å²) in [6.45, 7) is 9.10. The Morgan fingerprint density at radius 2 is 1.93 bits per heavy atom. The maximum absolute atomic E-state index is 12.6. The predicted octanol–water partition coefficient (Wildman–Crippen LogP) is 3.22. The molecule has 0 aliphatic rings. The van der Waals surface area contributed by atoms with Gasteiger partial charge in [0.15, 0.2) is 0 Å². The standard InChI is InChI=1S/C20H27BrN4O2/c1-13(2)18(23-19(26)16-8-5-6-9-17(16)21)20(27)22-10-7-11-25-15(4)12-14(3)24-25/h5-6,8-9,12-13,18H,7,10-11H2,1-4H3,(H,22,27)(H,23,26). The molecule has 1 heterocycles. The van der Waals surface area contributed by atoms with Crippen molar-refractivity contribution in [1.29, 1.82) is 0 Å². The van der Waals surface area contributed by atoms with Gasteiger partial charge in [0.25, 0.3) is 5.91 Å². The molecule has 1 atom stereocenters. The van der Waals surface area contributed by atoms with E-state index in [1.807, 2.05) is 44.5 Å². The maximum atomic E-state index is 12.6. The molecule has 0 fully saturated rings. The molecule has 1 unspecified atom stereocenters. The first-order chi connectivity index (χ1) is 12.8. The molecule has 7 heteroatoms. The highest BCUT2D eigenvalue weighted by atomic mass is 79.9. The van der Waals surface area contributed by atoms with Crippen LogP contribution in [0.1, 0.15) is 42.0 Å². The van der Waals surface area contributed by atoms with Crippen molar-refractivity contribution >= 4 is 27.7 Å². The van der Waals surface area contributed by atoms with Crippen LogP contribution in [0.5, 0.6) is 0 Å². The molecular formula is C20H27BrN4O2. The molecule has 1 aromatic heterocycles. The molecule has 2 amide bonds. The van der Waals surface area contributed by atoms with Crippen LogP contribution in [-0.2, 0) is 11.3 Å². The first-order valence-electron chi connectivity index (χ1n) is 9.13. The summed E-state index contributed by atoms with van der Waals surface area (Å²) in [4.78, 5) is 25.1. The SMILES string of the molecule is Cc1cc(C)n(CCCNC(=O)C(NC(=O)c2ccccc2Br)C(C)C)n1. The molecule has 0 spiro atoms. The molecule has 0 aliphatic carbocycles. The van der Waals surface area contributed by atoms with Gasteiger partial charge in [0.05, 0.1) is 11.3 Å². The largest absolute Gasteiger partial charge is 0.354 e. The van der Waals surface area contributed by atoms with Gasteiger partial charge in [-0.1, -0.05) is 26.0 Å².